The molecule has 0 atom stereocenters. The van der Waals surface area contributed by atoms with Crippen LogP contribution in [0.4, 0.5) is 0 Å². The predicted octanol–water partition coefficient (Wildman–Crippen LogP) is 3.64. The van der Waals surface area contributed by atoms with Crippen molar-refractivity contribution in [2.45, 2.75) is 77.8 Å². The van der Waals surface area contributed by atoms with Crippen LogP contribution >= 0.6 is 0 Å². The van der Waals surface area contributed by atoms with Gasteiger partial charge in [0.05, 0.1) is 6.54 Å². The summed E-state index contributed by atoms with van der Waals surface area (Å²) in [5.74, 6) is 3.03. The van der Waals surface area contributed by atoms with E-state index >= 15 is 0 Å². The topological polar surface area (TPSA) is 51.0 Å². The summed E-state index contributed by atoms with van der Waals surface area (Å²) in [4.78, 5) is 4.58. The highest BCUT2D eigenvalue weighted by Gasteiger charge is 2.32. The smallest absolute Gasteiger partial charge is 0.240 e. The van der Waals surface area contributed by atoms with Gasteiger partial charge in [-0.05, 0) is 49.9 Å². The third-order valence-corrected chi connectivity index (χ3v) is 4.92. The van der Waals surface area contributed by atoms with Gasteiger partial charge in [-0.15, -0.1) is 0 Å². The minimum atomic E-state index is 0.432. The maximum absolute atomic E-state index is 5.37. The van der Waals surface area contributed by atoms with Crippen molar-refractivity contribution >= 4 is 0 Å². The molecule has 0 aromatic carbocycles. The average Bonchev–Trinajstić information content (AvgIpc) is 3.13. The van der Waals surface area contributed by atoms with Gasteiger partial charge in [0, 0.05) is 12.0 Å². The first-order valence-electron chi connectivity index (χ1n) is 8.08. The first-order valence-corrected chi connectivity index (χ1v) is 8.08. The van der Waals surface area contributed by atoms with Crippen LogP contribution in [0.25, 0.3) is 0 Å². The van der Waals surface area contributed by atoms with Crippen LogP contribution in [0.5, 0.6) is 0 Å². The molecule has 3 rings (SSSR count). The number of aromatic nitrogens is 2. The van der Waals surface area contributed by atoms with E-state index < -0.39 is 0 Å². The fourth-order valence-corrected chi connectivity index (χ4v) is 3.24. The Morgan fingerprint density at radius 1 is 1.10 bits per heavy atom. The van der Waals surface area contributed by atoms with Crippen molar-refractivity contribution in [3.05, 3.63) is 11.7 Å². The molecule has 0 unspecified atom stereocenters. The van der Waals surface area contributed by atoms with Gasteiger partial charge in [-0.3, -0.25) is 0 Å². The molecule has 2 saturated carbocycles. The van der Waals surface area contributed by atoms with Crippen LogP contribution in [0.1, 0.15) is 76.9 Å². The Morgan fingerprint density at radius 3 is 2.40 bits per heavy atom. The molecule has 4 nitrogen and oxygen atoms in total. The molecule has 0 radical (unpaired) electrons. The van der Waals surface area contributed by atoms with Gasteiger partial charge in [0.2, 0.25) is 5.89 Å². The molecule has 1 aromatic heterocycles. The summed E-state index contributed by atoms with van der Waals surface area (Å²) in [6, 6.07) is 0.688. The van der Waals surface area contributed by atoms with Crippen LogP contribution in [-0.4, -0.2) is 16.2 Å². The fraction of sp³-hybridized carbons (Fsp3) is 0.875. The number of rotatable bonds is 4. The Hall–Kier alpha value is -0.900. The van der Waals surface area contributed by atoms with Gasteiger partial charge < -0.3 is 9.84 Å². The first kappa shape index (κ1) is 14.1. The quantitative estimate of drug-likeness (QED) is 0.913. The molecule has 1 heterocycles. The molecule has 0 spiro atoms. The molecule has 20 heavy (non-hydrogen) atoms. The zero-order chi connectivity index (χ0) is 14.2. The molecular formula is C16H27N3O. The van der Waals surface area contributed by atoms with Gasteiger partial charge in [-0.25, -0.2) is 0 Å². The maximum Gasteiger partial charge on any atom is 0.240 e. The standard InChI is InChI=1S/C16H27N3O/c1-16(2,3)12-6-4-11(5-7-12)15-18-14(20-19-15)10-17-13-8-9-13/h11-13,17H,4-10H2,1-3H3. The van der Waals surface area contributed by atoms with E-state index in [1.54, 1.807) is 0 Å². The summed E-state index contributed by atoms with van der Waals surface area (Å²) in [6.07, 6.45) is 7.57. The summed E-state index contributed by atoms with van der Waals surface area (Å²) < 4.78 is 5.37. The Bertz CT molecular complexity index is 437. The van der Waals surface area contributed by atoms with Crippen LogP contribution in [0.2, 0.25) is 0 Å². The van der Waals surface area contributed by atoms with E-state index in [9.17, 15) is 0 Å². The summed E-state index contributed by atoms with van der Waals surface area (Å²) in [6.45, 7) is 7.80. The number of nitrogens with one attached hydrogen (secondary N) is 1. The van der Waals surface area contributed by atoms with Gasteiger partial charge in [0.25, 0.3) is 0 Å². The lowest BCUT2D eigenvalue weighted by molar-refractivity contribution is 0.166. The minimum absolute atomic E-state index is 0.432. The van der Waals surface area contributed by atoms with Gasteiger partial charge >= 0.3 is 0 Å². The molecule has 0 saturated heterocycles. The second-order valence-electron chi connectivity index (χ2n) is 7.62. The lowest BCUT2D eigenvalue weighted by atomic mass is 9.70. The minimum Gasteiger partial charge on any atom is -0.338 e. The summed E-state index contributed by atoms with van der Waals surface area (Å²) in [5.41, 5.74) is 0.432. The zero-order valence-electron chi connectivity index (χ0n) is 13.0. The van der Waals surface area contributed by atoms with Gasteiger partial charge in [0.15, 0.2) is 5.82 Å². The Balaban J connectivity index is 1.52. The molecule has 0 amide bonds. The summed E-state index contributed by atoms with van der Waals surface area (Å²) >= 11 is 0. The van der Waals surface area contributed by atoms with Crippen molar-refractivity contribution in [3.8, 4) is 0 Å². The molecule has 0 aliphatic heterocycles. The fourth-order valence-electron chi connectivity index (χ4n) is 3.24. The van der Waals surface area contributed by atoms with Crippen LogP contribution < -0.4 is 5.32 Å². The van der Waals surface area contributed by atoms with Crippen molar-refractivity contribution in [3.63, 3.8) is 0 Å². The largest absolute Gasteiger partial charge is 0.338 e. The van der Waals surface area contributed by atoms with Gasteiger partial charge in [0.1, 0.15) is 0 Å². The second-order valence-corrected chi connectivity index (χ2v) is 7.62. The van der Waals surface area contributed by atoms with Crippen molar-refractivity contribution < 1.29 is 4.52 Å². The van der Waals surface area contributed by atoms with Gasteiger partial charge in [-0.2, -0.15) is 4.98 Å². The lowest BCUT2D eigenvalue weighted by Gasteiger charge is -2.36. The van der Waals surface area contributed by atoms with Crippen molar-refractivity contribution in [1.82, 2.24) is 15.5 Å². The van der Waals surface area contributed by atoms with E-state index in [4.69, 9.17) is 4.52 Å². The molecule has 2 aliphatic rings. The van der Waals surface area contributed by atoms with Crippen LogP contribution in [0.3, 0.4) is 0 Å². The maximum atomic E-state index is 5.37. The van der Waals surface area contributed by atoms with Crippen LogP contribution in [0, 0.1) is 11.3 Å². The first-order chi connectivity index (χ1) is 9.52. The van der Waals surface area contributed by atoms with E-state index in [2.05, 4.69) is 36.2 Å². The van der Waals surface area contributed by atoms with Crippen molar-refractivity contribution in [2.24, 2.45) is 11.3 Å². The predicted molar refractivity (Wildman–Crippen MR) is 78.3 cm³/mol. The van der Waals surface area contributed by atoms with E-state index in [1.807, 2.05) is 0 Å². The molecule has 4 heteroatoms. The number of hydrogen-bond acceptors (Lipinski definition) is 4. The molecule has 112 valence electrons. The average molecular weight is 277 g/mol. The van der Waals surface area contributed by atoms with Crippen LogP contribution in [0.15, 0.2) is 4.52 Å². The molecular weight excluding hydrogens is 250 g/mol. The summed E-state index contributed by atoms with van der Waals surface area (Å²) in [7, 11) is 0. The SMILES string of the molecule is CC(C)(C)C1CCC(c2noc(CNC3CC3)n2)CC1. The van der Waals surface area contributed by atoms with Crippen molar-refractivity contribution in [1.29, 1.82) is 0 Å². The molecule has 2 fully saturated rings. The van der Waals surface area contributed by atoms with E-state index in [0.717, 1.165) is 24.2 Å². The third kappa shape index (κ3) is 3.40. The number of nitrogens with zero attached hydrogens (tertiary/aromatic N) is 2. The molecule has 1 aromatic rings. The van der Waals surface area contributed by atoms with E-state index in [0.29, 0.717) is 17.4 Å². The summed E-state index contributed by atoms with van der Waals surface area (Å²) in [5, 5.41) is 7.62. The third-order valence-electron chi connectivity index (χ3n) is 4.92. The Labute approximate surface area is 121 Å². The van der Waals surface area contributed by atoms with Crippen LogP contribution in [-0.2, 0) is 6.54 Å². The Morgan fingerprint density at radius 2 is 1.80 bits per heavy atom. The lowest BCUT2D eigenvalue weighted by Crippen LogP contribution is -2.25. The molecule has 1 N–H and O–H groups in total. The normalized spacial score (nSPS) is 27.8. The highest BCUT2D eigenvalue weighted by Crippen LogP contribution is 2.42. The van der Waals surface area contributed by atoms with Gasteiger partial charge in [-0.1, -0.05) is 25.9 Å². The second kappa shape index (κ2) is 5.47. The molecule has 0 bridgehead atoms. The van der Waals surface area contributed by atoms with E-state index in [-0.39, 0.29) is 0 Å². The Kier molecular flexibility index (Phi) is 3.85. The highest BCUT2D eigenvalue weighted by atomic mass is 16.5. The highest BCUT2D eigenvalue weighted by molar-refractivity contribution is 4.99. The number of hydrogen-bond donors (Lipinski definition) is 1. The van der Waals surface area contributed by atoms with E-state index in [1.165, 1.54) is 38.5 Å². The monoisotopic (exact) mass is 277 g/mol. The molecule has 2 aliphatic carbocycles. The van der Waals surface area contributed by atoms with Crippen molar-refractivity contribution in [2.75, 3.05) is 0 Å². The zero-order valence-corrected chi connectivity index (χ0v) is 13.0.